The summed E-state index contributed by atoms with van der Waals surface area (Å²) < 4.78 is 0. The fourth-order valence-electron chi connectivity index (χ4n) is 1.97. The average Bonchev–Trinajstić information content (AvgIpc) is 2.19. The van der Waals surface area contributed by atoms with Crippen molar-refractivity contribution >= 4 is 0 Å². The third kappa shape index (κ3) is 1.98. The quantitative estimate of drug-likeness (QED) is 0.614. The number of dihydropyridines is 1. The average molecular weight is 187 g/mol. The van der Waals surface area contributed by atoms with E-state index in [1.807, 2.05) is 0 Å². The molecule has 0 spiro atoms. The maximum absolute atomic E-state index is 3.44. The summed E-state index contributed by atoms with van der Waals surface area (Å²) in [5.74, 6) is 0. The van der Waals surface area contributed by atoms with Crippen molar-refractivity contribution in [3.8, 4) is 0 Å². The molecule has 74 valence electrons. The van der Waals surface area contributed by atoms with Gasteiger partial charge in [0.05, 0.1) is 0 Å². The SMILES string of the molecule is C/C=C1\C=C/CC2=C(C=CCN2)CC1. The largest absolute Gasteiger partial charge is 0.384 e. The van der Waals surface area contributed by atoms with Gasteiger partial charge in [-0.15, -0.1) is 0 Å². The highest BCUT2D eigenvalue weighted by molar-refractivity contribution is 5.34. The van der Waals surface area contributed by atoms with E-state index in [1.54, 1.807) is 0 Å². The molecule has 0 saturated carbocycles. The number of rotatable bonds is 0. The van der Waals surface area contributed by atoms with Crippen LogP contribution in [0.25, 0.3) is 0 Å². The standard InChI is InChI=1S/C13H17N/c1-2-11-5-3-7-13-12(9-8-11)6-4-10-14-13/h2-6,14H,7-10H2,1H3/b5-3-,11-2+. The molecular formula is C13H17N. The van der Waals surface area contributed by atoms with Gasteiger partial charge in [-0.05, 0) is 25.3 Å². The first-order valence-electron chi connectivity index (χ1n) is 5.34. The van der Waals surface area contributed by atoms with Gasteiger partial charge >= 0.3 is 0 Å². The van der Waals surface area contributed by atoms with Gasteiger partial charge in [-0.1, -0.05) is 36.0 Å². The van der Waals surface area contributed by atoms with Gasteiger partial charge in [0.25, 0.3) is 0 Å². The number of hydrogen-bond donors (Lipinski definition) is 1. The predicted octanol–water partition coefficient (Wildman–Crippen LogP) is 3.09. The van der Waals surface area contributed by atoms with Crippen LogP contribution >= 0.6 is 0 Å². The minimum atomic E-state index is 0.989. The van der Waals surface area contributed by atoms with Gasteiger partial charge in [0.2, 0.25) is 0 Å². The Bertz CT molecular complexity index is 329. The first kappa shape index (κ1) is 9.32. The Hall–Kier alpha value is -1.24. The number of hydrogen-bond acceptors (Lipinski definition) is 1. The van der Waals surface area contributed by atoms with E-state index in [9.17, 15) is 0 Å². The fraction of sp³-hybridized carbons (Fsp3) is 0.385. The third-order valence-corrected chi connectivity index (χ3v) is 2.85. The molecule has 0 aromatic carbocycles. The molecule has 2 aliphatic rings. The molecule has 0 atom stereocenters. The molecule has 0 fully saturated rings. The van der Waals surface area contributed by atoms with Crippen LogP contribution in [0.4, 0.5) is 0 Å². The van der Waals surface area contributed by atoms with Gasteiger partial charge in [-0.25, -0.2) is 0 Å². The molecule has 2 rings (SSSR count). The molecule has 1 N–H and O–H groups in total. The van der Waals surface area contributed by atoms with E-state index >= 15 is 0 Å². The van der Waals surface area contributed by atoms with E-state index < -0.39 is 0 Å². The molecule has 1 heteroatoms. The van der Waals surface area contributed by atoms with E-state index in [0.717, 1.165) is 19.4 Å². The Morgan fingerprint density at radius 3 is 3.00 bits per heavy atom. The Labute approximate surface area is 85.9 Å². The predicted molar refractivity (Wildman–Crippen MR) is 60.9 cm³/mol. The van der Waals surface area contributed by atoms with E-state index in [2.05, 4.69) is 42.6 Å². The summed E-state index contributed by atoms with van der Waals surface area (Å²) in [4.78, 5) is 0. The van der Waals surface area contributed by atoms with Gasteiger partial charge in [-0.2, -0.15) is 0 Å². The second kappa shape index (κ2) is 4.32. The molecule has 1 aliphatic heterocycles. The van der Waals surface area contributed by atoms with Crippen molar-refractivity contribution in [1.29, 1.82) is 0 Å². The van der Waals surface area contributed by atoms with Crippen LogP contribution in [0.15, 0.2) is 47.2 Å². The van der Waals surface area contributed by atoms with Crippen molar-refractivity contribution in [2.75, 3.05) is 6.54 Å². The maximum Gasteiger partial charge on any atom is 0.0331 e. The lowest BCUT2D eigenvalue weighted by Crippen LogP contribution is -2.18. The summed E-state index contributed by atoms with van der Waals surface area (Å²) in [6, 6.07) is 0. The van der Waals surface area contributed by atoms with Gasteiger partial charge in [0.15, 0.2) is 0 Å². The minimum Gasteiger partial charge on any atom is -0.384 e. The Kier molecular flexibility index (Phi) is 2.87. The van der Waals surface area contributed by atoms with Crippen molar-refractivity contribution in [3.63, 3.8) is 0 Å². The van der Waals surface area contributed by atoms with Gasteiger partial charge in [0.1, 0.15) is 0 Å². The van der Waals surface area contributed by atoms with E-state index in [4.69, 9.17) is 0 Å². The normalized spacial score (nSPS) is 26.5. The van der Waals surface area contributed by atoms with Crippen molar-refractivity contribution < 1.29 is 0 Å². The zero-order valence-corrected chi connectivity index (χ0v) is 8.72. The van der Waals surface area contributed by atoms with Crippen molar-refractivity contribution in [2.45, 2.75) is 26.2 Å². The summed E-state index contributed by atoms with van der Waals surface area (Å²) in [5.41, 5.74) is 4.36. The molecule has 1 nitrogen and oxygen atoms in total. The number of nitrogens with one attached hydrogen (secondary N) is 1. The highest BCUT2D eigenvalue weighted by Crippen LogP contribution is 2.23. The molecule has 1 heterocycles. The van der Waals surface area contributed by atoms with Crippen molar-refractivity contribution in [2.24, 2.45) is 0 Å². The first-order chi connectivity index (χ1) is 6.90. The summed E-state index contributed by atoms with van der Waals surface area (Å²) in [6.07, 6.45) is 14.6. The monoisotopic (exact) mass is 187 g/mol. The molecule has 14 heavy (non-hydrogen) atoms. The topological polar surface area (TPSA) is 12.0 Å². The smallest absolute Gasteiger partial charge is 0.0331 e. The molecule has 0 bridgehead atoms. The van der Waals surface area contributed by atoms with Crippen LogP contribution in [0.2, 0.25) is 0 Å². The lowest BCUT2D eigenvalue weighted by molar-refractivity contribution is 0.799. The molecule has 0 aromatic rings. The van der Waals surface area contributed by atoms with E-state index in [1.165, 1.54) is 23.3 Å². The summed E-state index contributed by atoms with van der Waals surface area (Å²) in [6.45, 7) is 3.11. The molecule has 0 saturated heterocycles. The molecule has 0 radical (unpaired) electrons. The molecule has 1 aliphatic carbocycles. The molecule has 0 unspecified atom stereocenters. The molecule has 0 aromatic heterocycles. The fourth-order valence-corrected chi connectivity index (χ4v) is 1.97. The Morgan fingerprint density at radius 1 is 1.21 bits per heavy atom. The second-order valence-corrected chi connectivity index (χ2v) is 3.76. The maximum atomic E-state index is 3.44. The lowest BCUT2D eigenvalue weighted by Gasteiger charge is -2.19. The number of allylic oxidation sites excluding steroid dienone is 6. The summed E-state index contributed by atoms with van der Waals surface area (Å²) >= 11 is 0. The van der Waals surface area contributed by atoms with Crippen LogP contribution in [0.1, 0.15) is 26.2 Å². The van der Waals surface area contributed by atoms with Gasteiger partial charge in [0, 0.05) is 18.7 Å². The van der Waals surface area contributed by atoms with Crippen molar-refractivity contribution in [1.82, 2.24) is 5.32 Å². The summed E-state index contributed by atoms with van der Waals surface area (Å²) in [7, 11) is 0. The first-order valence-corrected chi connectivity index (χ1v) is 5.34. The van der Waals surface area contributed by atoms with Crippen LogP contribution in [-0.4, -0.2) is 6.54 Å². The highest BCUT2D eigenvalue weighted by atomic mass is 14.9. The molecular weight excluding hydrogens is 170 g/mol. The van der Waals surface area contributed by atoms with E-state index in [-0.39, 0.29) is 0 Å². The van der Waals surface area contributed by atoms with Crippen LogP contribution < -0.4 is 5.32 Å². The zero-order valence-electron chi connectivity index (χ0n) is 8.72. The zero-order chi connectivity index (χ0) is 9.80. The van der Waals surface area contributed by atoms with Crippen LogP contribution in [0.5, 0.6) is 0 Å². The second-order valence-electron chi connectivity index (χ2n) is 3.76. The summed E-state index contributed by atoms with van der Waals surface area (Å²) in [5, 5.41) is 3.44. The Morgan fingerprint density at radius 2 is 2.14 bits per heavy atom. The third-order valence-electron chi connectivity index (χ3n) is 2.85. The molecule has 0 amide bonds. The van der Waals surface area contributed by atoms with Gasteiger partial charge in [-0.3, -0.25) is 0 Å². The van der Waals surface area contributed by atoms with Crippen molar-refractivity contribution in [3.05, 3.63) is 47.2 Å². The van der Waals surface area contributed by atoms with Crippen LogP contribution in [-0.2, 0) is 0 Å². The van der Waals surface area contributed by atoms with Crippen LogP contribution in [0.3, 0.4) is 0 Å². The minimum absolute atomic E-state index is 0.989. The van der Waals surface area contributed by atoms with Crippen LogP contribution in [0, 0.1) is 0 Å². The lowest BCUT2D eigenvalue weighted by atomic mass is 9.96. The Balaban J connectivity index is 2.19. The highest BCUT2D eigenvalue weighted by Gasteiger charge is 2.08. The van der Waals surface area contributed by atoms with E-state index in [0.29, 0.717) is 0 Å². The van der Waals surface area contributed by atoms with Gasteiger partial charge < -0.3 is 5.32 Å².